The summed E-state index contributed by atoms with van der Waals surface area (Å²) in [6.07, 6.45) is 0. The summed E-state index contributed by atoms with van der Waals surface area (Å²) in [5, 5.41) is 0. The van der Waals surface area contributed by atoms with E-state index >= 15 is 0 Å². The van der Waals surface area contributed by atoms with Crippen molar-refractivity contribution >= 4 is 158 Å². The first-order chi connectivity index (χ1) is 0. The van der Waals surface area contributed by atoms with Crippen molar-refractivity contribution in [2.24, 2.45) is 0 Å². The van der Waals surface area contributed by atoms with Crippen molar-refractivity contribution < 1.29 is 65.7 Å². The van der Waals surface area contributed by atoms with Crippen molar-refractivity contribution in [2.45, 2.75) is 0 Å². The van der Waals surface area contributed by atoms with Gasteiger partial charge in [0.25, 0.3) is 0 Å². The average Bonchev–Trinajstić information content (AvgIpc) is 0. The Bertz CT molecular complexity index is 24.9. The molecule has 0 amide bonds. The maximum atomic E-state index is 0. The zero-order chi connectivity index (χ0) is 0. The molecule has 0 aliphatic rings. The van der Waals surface area contributed by atoms with E-state index in [-0.39, 0.29) is 223 Å². The monoisotopic (exact) mass is 1260 g/mol. The summed E-state index contributed by atoms with van der Waals surface area (Å²) in [5.74, 6) is 0. The van der Waals surface area contributed by atoms with Crippen LogP contribution in [0.5, 0.6) is 0 Å². The predicted octanol–water partition coefficient (Wildman–Crippen LogP) is -4.79. The van der Waals surface area contributed by atoms with Gasteiger partial charge < -0.3 is 65.7 Å². The normalized spacial score (nSPS) is 0. The molecule has 0 spiro atoms. The second kappa shape index (κ2) is 487. The summed E-state index contributed by atoms with van der Waals surface area (Å²) < 4.78 is 0. The third-order valence-corrected chi connectivity index (χ3v) is 0. The smallest absolute Gasteiger partial charge is 0.870 e. The molecule has 0 aromatic heterocycles. The number of rotatable bonds is 0. The van der Waals surface area contributed by atoms with Gasteiger partial charge in [-0.15, -0.1) is 0 Å². The van der Waals surface area contributed by atoms with Gasteiger partial charge in [0.2, 0.25) is 0 Å². The van der Waals surface area contributed by atoms with Gasteiger partial charge in [0.05, 0.1) is 0 Å². The third-order valence-electron chi connectivity index (χ3n) is 0. The SMILES string of the molecule is [Bi+3].[Bi+3].[Bi+3].[Bi+3].[Ge].[Ge].[Ge].[OH-].[OH-].[OH-].[OH-].[OH-].[OH-].[OH-].[OH-].[OH-].[OH-].[OH-].[OH-]. The molecule has 0 aromatic rings. The minimum Gasteiger partial charge on any atom is -0.870 e. The van der Waals surface area contributed by atoms with E-state index in [0.717, 1.165) is 0 Å². The molecule has 12 N–H and O–H groups in total. The Morgan fingerprint density at radius 3 is 0.158 bits per heavy atom. The van der Waals surface area contributed by atoms with Crippen molar-refractivity contribution in [3.05, 3.63) is 0 Å². The molecule has 0 unspecified atom stereocenters. The fourth-order valence-corrected chi connectivity index (χ4v) is 0. The molecule has 0 aliphatic heterocycles. The van der Waals surface area contributed by atoms with E-state index in [0.29, 0.717) is 0 Å². The van der Waals surface area contributed by atoms with E-state index in [2.05, 4.69) is 0 Å². The molecule has 0 aromatic carbocycles. The molecule has 0 aliphatic carbocycles. The first-order valence-corrected chi connectivity index (χ1v) is 0. The third kappa shape index (κ3) is 443. The van der Waals surface area contributed by atoms with E-state index in [9.17, 15) is 0 Å². The molecule has 0 fully saturated rings. The van der Waals surface area contributed by atoms with Crippen LogP contribution in [0.1, 0.15) is 0 Å². The molecule has 0 atom stereocenters. The summed E-state index contributed by atoms with van der Waals surface area (Å²) in [5.41, 5.74) is 0. The summed E-state index contributed by atoms with van der Waals surface area (Å²) in [6.45, 7) is 0. The van der Waals surface area contributed by atoms with E-state index in [1.807, 2.05) is 0 Å². The topological polar surface area (TPSA) is 360 Å². The Hall–Kier alpha value is 4.68. The van der Waals surface area contributed by atoms with Gasteiger partial charge in [-0.2, -0.15) is 0 Å². The molecule has 12 nitrogen and oxygen atoms in total. The quantitative estimate of drug-likeness (QED) is 0.206. The van der Waals surface area contributed by atoms with Crippen LogP contribution >= 0.6 is 0 Å². The molecular weight excluding hydrogens is 1250 g/mol. The first kappa shape index (κ1) is 556. The van der Waals surface area contributed by atoms with Crippen LogP contribution in [-0.2, 0) is 0 Å². The van der Waals surface area contributed by atoms with Crippen molar-refractivity contribution in [1.82, 2.24) is 0 Å². The van der Waals surface area contributed by atoms with Gasteiger partial charge in [0.15, 0.2) is 0 Å². The van der Waals surface area contributed by atoms with Gasteiger partial charge >= 0.3 is 105 Å². The standard InChI is InChI=1S/4Bi.3Ge.12H2O/h;;;;;;;12*1H2/q4*+3;;;;;;;;;;;;;;;/p-12. The van der Waals surface area contributed by atoms with Crippen LogP contribution in [0.3, 0.4) is 0 Å². The van der Waals surface area contributed by atoms with Crippen molar-refractivity contribution in [1.29, 1.82) is 0 Å². The second-order valence-corrected chi connectivity index (χ2v) is 0. The van der Waals surface area contributed by atoms with Gasteiger partial charge in [-0.3, -0.25) is 0 Å². The van der Waals surface area contributed by atoms with Gasteiger partial charge in [-0.1, -0.05) is 0 Å². The Morgan fingerprint density at radius 1 is 0.158 bits per heavy atom. The van der Waals surface area contributed by atoms with Crippen molar-refractivity contribution in [2.75, 3.05) is 0 Å². The molecule has 0 heterocycles. The Kier molecular flexibility index (Phi) is 14200. The summed E-state index contributed by atoms with van der Waals surface area (Å²) >= 11 is 0. The van der Waals surface area contributed by atoms with Crippen LogP contribution in [0, 0.1) is 0 Å². The van der Waals surface area contributed by atoms with Gasteiger partial charge in [-0.05, 0) is 0 Å². The Morgan fingerprint density at radius 2 is 0.158 bits per heavy atom. The second-order valence-electron chi connectivity index (χ2n) is 0. The van der Waals surface area contributed by atoms with E-state index < -0.39 is 0 Å². The Balaban J connectivity index is 0. The molecule has 19 heteroatoms. The van der Waals surface area contributed by atoms with Crippen LogP contribution in [0.25, 0.3) is 0 Å². The fourth-order valence-electron chi connectivity index (χ4n) is 0. The first-order valence-electron chi connectivity index (χ1n) is 0. The zero-order valence-corrected chi connectivity index (χ0v) is 28.9. The van der Waals surface area contributed by atoms with Crippen molar-refractivity contribution in [3.63, 3.8) is 0 Å². The molecule has 0 rings (SSSR count). The average molecular weight is 1260 g/mol. The maximum absolute atomic E-state index is 0. The minimum atomic E-state index is 0. The molecular formula is H12Bi4Ge3O12. The van der Waals surface area contributed by atoms with Gasteiger partial charge in [-0.25, -0.2) is 0 Å². The number of hydrogen-bond acceptors (Lipinski definition) is 12. The van der Waals surface area contributed by atoms with Gasteiger partial charge in [0, 0.05) is 52.8 Å². The van der Waals surface area contributed by atoms with Crippen LogP contribution in [0.2, 0.25) is 0 Å². The van der Waals surface area contributed by atoms with Crippen molar-refractivity contribution in [3.8, 4) is 0 Å². The summed E-state index contributed by atoms with van der Waals surface area (Å²) in [4.78, 5) is 0. The van der Waals surface area contributed by atoms with Gasteiger partial charge in [0.1, 0.15) is 0 Å². The molecule has 0 saturated carbocycles. The molecule has 0 bridgehead atoms. The summed E-state index contributed by atoms with van der Waals surface area (Å²) in [6, 6.07) is 0. The van der Waals surface area contributed by atoms with Crippen LogP contribution < -0.4 is 0 Å². The van der Waals surface area contributed by atoms with Crippen LogP contribution in [0.15, 0.2) is 0 Å². The molecule has 19 heavy (non-hydrogen) atoms. The molecule has 20 radical (unpaired) electrons. The minimum absolute atomic E-state index is 0. The van der Waals surface area contributed by atoms with E-state index in [4.69, 9.17) is 0 Å². The molecule has 0 saturated heterocycles. The van der Waals surface area contributed by atoms with E-state index in [1.165, 1.54) is 0 Å². The zero-order valence-electron chi connectivity index (χ0n) is 8.66. The summed E-state index contributed by atoms with van der Waals surface area (Å²) in [7, 11) is 0. The van der Waals surface area contributed by atoms with Crippen LogP contribution in [-0.4, -0.2) is 223 Å². The van der Waals surface area contributed by atoms with Crippen LogP contribution in [0.4, 0.5) is 0 Å². The number of hydrogen-bond donors (Lipinski definition) is 0. The molecule has 116 valence electrons. The largest absolute Gasteiger partial charge is 3.00 e. The van der Waals surface area contributed by atoms with E-state index in [1.54, 1.807) is 0 Å². The maximum Gasteiger partial charge on any atom is 3.00 e. The fraction of sp³-hybridized carbons (Fsp3) is 0. The predicted molar refractivity (Wildman–Crippen MR) is 63.5 cm³/mol. The Labute approximate surface area is 219 Å².